The summed E-state index contributed by atoms with van der Waals surface area (Å²) in [6, 6.07) is 8.56. The number of rotatable bonds is 5. The maximum atomic E-state index is 6.13. The molecule has 0 aliphatic heterocycles. The van der Waals surface area contributed by atoms with Crippen molar-refractivity contribution in [1.29, 1.82) is 0 Å². The van der Waals surface area contributed by atoms with E-state index < -0.39 is 0 Å². The average molecular weight is 230 g/mol. The molecule has 0 saturated heterocycles. The zero-order chi connectivity index (χ0) is 11.9. The van der Waals surface area contributed by atoms with Crippen molar-refractivity contribution in [1.82, 2.24) is 0 Å². The smallest absolute Gasteiger partial charge is 0.0551 e. The van der Waals surface area contributed by atoms with Gasteiger partial charge in [-0.05, 0) is 56.1 Å². The highest BCUT2D eigenvalue weighted by atomic mass is 15.0. The first-order valence-electron chi connectivity index (χ1n) is 6.80. The Labute approximate surface area is 104 Å². The van der Waals surface area contributed by atoms with Crippen molar-refractivity contribution in [2.24, 2.45) is 17.6 Å². The zero-order valence-electron chi connectivity index (χ0n) is 10.6. The summed E-state index contributed by atoms with van der Waals surface area (Å²) in [4.78, 5) is 0. The van der Waals surface area contributed by atoms with E-state index in [1.165, 1.54) is 36.9 Å². The Morgan fingerprint density at radius 1 is 1.18 bits per heavy atom. The molecule has 92 valence electrons. The summed E-state index contributed by atoms with van der Waals surface area (Å²) >= 11 is 0. The van der Waals surface area contributed by atoms with E-state index in [-0.39, 0.29) is 5.54 Å². The van der Waals surface area contributed by atoms with E-state index in [1.807, 2.05) is 0 Å². The van der Waals surface area contributed by atoms with E-state index in [0.717, 1.165) is 18.4 Å². The van der Waals surface area contributed by atoms with Gasteiger partial charge < -0.3 is 11.1 Å². The molecule has 0 amide bonds. The van der Waals surface area contributed by atoms with Crippen LogP contribution in [0.4, 0.5) is 5.69 Å². The fourth-order valence-corrected chi connectivity index (χ4v) is 3.08. The average Bonchev–Trinajstić information content (AvgIpc) is 3.18. The number of hydrogen-bond donors (Lipinski definition) is 2. The lowest BCUT2D eigenvalue weighted by atomic mass is 9.86. The van der Waals surface area contributed by atoms with Gasteiger partial charge in [-0.1, -0.05) is 18.2 Å². The number of hydrogen-bond acceptors (Lipinski definition) is 2. The summed E-state index contributed by atoms with van der Waals surface area (Å²) in [5.74, 6) is 1.61. The SMILES string of the molecule is Cc1ccccc1NC(CN)(C1CC1)C1CC1. The van der Waals surface area contributed by atoms with Gasteiger partial charge in [0, 0.05) is 12.2 Å². The van der Waals surface area contributed by atoms with Crippen LogP contribution in [0.1, 0.15) is 31.2 Å². The van der Waals surface area contributed by atoms with Crippen LogP contribution in [0.25, 0.3) is 0 Å². The highest BCUT2D eigenvalue weighted by Crippen LogP contribution is 2.53. The molecule has 0 radical (unpaired) electrons. The molecule has 0 bridgehead atoms. The lowest BCUT2D eigenvalue weighted by Gasteiger charge is -2.36. The van der Waals surface area contributed by atoms with Crippen LogP contribution in [0.3, 0.4) is 0 Å². The van der Waals surface area contributed by atoms with Gasteiger partial charge >= 0.3 is 0 Å². The molecule has 2 aliphatic rings. The molecule has 1 aromatic rings. The van der Waals surface area contributed by atoms with Crippen LogP contribution in [0.2, 0.25) is 0 Å². The van der Waals surface area contributed by atoms with E-state index in [1.54, 1.807) is 0 Å². The summed E-state index contributed by atoms with van der Waals surface area (Å²) in [6.45, 7) is 2.94. The summed E-state index contributed by atoms with van der Waals surface area (Å²) in [6.07, 6.45) is 5.42. The number of nitrogens with two attached hydrogens (primary N) is 1. The highest BCUT2D eigenvalue weighted by molar-refractivity contribution is 5.53. The van der Waals surface area contributed by atoms with Gasteiger partial charge in [-0.3, -0.25) is 0 Å². The molecule has 1 aromatic carbocycles. The maximum absolute atomic E-state index is 6.13. The van der Waals surface area contributed by atoms with Crippen LogP contribution < -0.4 is 11.1 Å². The normalized spacial score (nSPS) is 20.4. The van der Waals surface area contributed by atoms with Crippen molar-refractivity contribution in [3.8, 4) is 0 Å². The molecule has 0 heterocycles. The highest BCUT2D eigenvalue weighted by Gasteiger charge is 2.53. The molecule has 0 atom stereocenters. The standard InChI is InChI=1S/C15H22N2/c1-11-4-2-3-5-14(11)17-15(10-16,12-6-7-12)13-8-9-13/h2-5,12-13,17H,6-10,16H2,1H3. The summed E-state index contributed by atoms with van der Waals surface area (Å²) < 4.78 is 0. The Bertz CT molecular complexity index is 393. The Hall–Kier alpha value is -1.02. The first kappa shape index (κ1) is 11.1. The number of aryl methyl sites for hydroxylation is 1. The molecule has 0 spiro atoms. The van der Waals surface area contributed by atoms with E-state index in [9.17, 15) is 0 Å². The number of nitrogens with one attached hydrogen (secondary N) is 1. The summed E-state index contributed by atoms with van der Waals surface area (Å²) in [7, 11) is 0. The van der Waals surface area contributed by atoms with Crippen molar-refractivity contribution in [3.63, 3.8) is 0 Å². The van der Waals surface area contributed by atoms with E-state index >= 15 is 0 Å². The van der Waals surface area contributed by atoms with Crippen LogP contribution >= 0.6 is 0 Å². The number of anilines is 1. The van der Waals surface area contributed by atoms with Gasteiger partial charge in [-0.15, -0.1) is 0 Å². The van der Waals surface area contributed by atoms with E-state index in [4.69, 9.17) is 5.73 Å². The fourth-order valence-electron chi connectivity index (χ4n) is 3.08. The lowest BCUT2D eigenvalue weighted by Crippen LogP contribution is -2.50. The minimum Gasteiger partial charge on any atom is -0.378 e. The number of para-hydroxylation sites is 1. The molecule has 3 rings (SSSR count). The first-order valence-corrected chi connectivity index (χ1v) is 6.80. The maximum Gasteiger partial charge on any atom is 0.0551 e. The quantitative estimate of drug-likeness (QED) is 0.816. The van der Waals surface area contributed by atoms with Crippen molar-refractivity contribution in [2.75, 3.05) is 11.9 Å². The van der Waals surface area contributed by atoms with Gasteiger partial charge in [0.05, 0.1) is 5.54 Å². The molecule has 2 heteroatoms. The van der Waals surface area contributed by atoms with Gasteiger partial charge in [0.2, 0.25) is 0 Å². The van der Waals surface area contributed by atoms with Crippen LogP contribution in [0.5, 0.6) is 0 Å². The van der Waals surface area contributed by atoms with Crippen molar-refractivity contribution in [3.05, 3.63) is 29.8 Å². The minimum absolute atomic E-state index is 0.187. The monoisotopic (exact) mass is 230 g/mol. The van der Waals surface area contributed by atoms with Gasteiger partial charge in [-0.2, -0.15) is 0 Å². The molecule has 2 saturated carbocycles. The third kappa shape index (κ3) is 1.95. The fraction of sp³-hybridized carbons (Fsp3) is 0.600. The van der Waals surface area contributed by atoms with Crippen LogP contribution in [-0.2, 0) is 0 Å². The Morgan fingerprint density at radius 3 is 2.24 bits per heavy atom. The van der Waals surface area contributed by atoms with Crippen molar-refractivity contribution >= 4 is 5.69 Å². The largest absolute Gasteiger partial charge is 0.378 e. The molecule has 2 fully saturated rings. The Morgan fingerprint density at radius 2 is 1.76 bits per heavy atom. The molecule has 2 nitrogen and oxygen atoms in total. The van der Waals surface area contributed by atoms with Crippen molar-refractivity contribution in [2.45, 2.75) is 38.1 Å². The topological polar surface area (TPSA) is 38.0 Å². The molecule has 2 aliphatic carbocycles. The second kappa shape index (κ2) is 4.02. The molecule has 0 unspecified atom stereocenters. The van der Waals surface area contributed by atoms with Crippen LogP contribution in [-0.4, -0.2) is 12.1 Å². The first-order chi connectivity index (χ1) is 8.26. The predicted octanol–water partition coefficient (Wildman–Crippen LogP) is 2.92. The van der Waals surface area contributed by atoms with E-state index in [2.05, 4.69) is 36.5 Å². The molecule has 3 N–H and O–H groups in total. The van der Waals surface area contributed by atoms with Gasteiger partial charge in [0.25, 0.3) is 0 Å². The zero-order valence-corrected chi connectivity index (χ0v) is 10.6. The summed E-state index contributed by atoms with van der Waals surface area (Å²) in [5.41, 5.74) is 8.91. The van der Waals surface area contributed by atoms with Gasteiger partial charge in [0.1, 0.15) is 0 Å². The second-order valence-corrected chi connectivity index (χ2v) is 5.73. The third-order valence-electron chi connectivity index (χ3n) is 4.46. The molecule has 17 heavy (non-hydrogen) atoms. The molecule has 0 aromatic heterocycles. The lowest BCUT2D eigenvalue weighted by molar-refractivity contribution is 0.366. The van der Waals surface area contributed by atoms with Crippen molar-refractivity contribution < 1.29 is 0 Å². The molecular weight excluding hydrogens is 208 g/mol. The second-order valence-electron chi connectivity index (χ2n) is 5.73. The predicted molar refractivity (Wildman–Crippen MR) is 72.0 cm³/mol. The Balaban J connectivity index is 1.87. The Kier molecular flexibility index (Phi) is 2.62. The number of benzene rings is 1. The van der Waals surface area contributed by atoms with Crippen LogP contribution in [0.15, 0.2) is 24.3 Å². The van der Waals surface area contributed by atoms with Gasteiger partial charge in [0.15, 0.2) is 0 Å². The van der Waals surface area contributed by atoms with E-state index in [0.29, 0.717) is 0 Å². The van der Waals surface area contributed by atoms with Gasteiger partial charge in [-0.25, -0.2) is 0 Å². The summed E-state index contributed by atoms with van der Waals surface area (Å²) in [5, 5.41) is 3.81. The third-order valence-corrected chi connectivity index (χ3v) is 4.46. The van der Waals surface area contributed by atoms with Crippen LogP contribution in [0, 0.1) is 18.8 Å². The minimum atomic E-state index is 0.187. The molecular formula is C15H22N2.